The molecule has 0 aromatic heterocycles. The Morgan fingerprint density at radius 2 is 1.84 bits per heavy atom. The van der Waals surface area contributed by atoms with Crippen molar-refractivity contribution in [1.82, 2.24) is 0 Å². The van der Waals surface area contributed by atoms with E-state index in [1.54, 1.807) is 12.1 Å². The molecule has 0 aliphatic rings. The van der Waals surface area contributed by atoms with Gasteiger partial charge >= 0.3 is 0 Å². The summed E-state index contributed by atoms with van der Waals surface area (Å²) in [5.74, 6) is 1.42. The summed E-state index contributed by atoms with van der Waals surface area (Å²) < 4.78 is 17.6. The summed E-state index contributed by atoms with van der Waals surface area (Å²) in [6, 6.07) is 16.8. The molecule has 2 N–H and O–H groups in total. The van der Waals surface area contributed by atoms with Gasteiger partial charge in [-0.05, 0) is 36.8 Å². The maximum atomic E-state index is 12.0. The van der Waals surface area contributed by atoms with Gasteiger partial charge in [-0.15, -0.1) is 0 Å². The summed E-state index contributed by atoms with van der Waals surface area (Å²) in [6.07, 6.45) is 0.746. The number of hydrogen-bond donors (Lipinski definition) is 1. The SMILES string of the molecule is Nc1cccc(S(=O)CCCOc2ccccc2)c1. The lowest BCUT2D eigenvalue weighted by atomic mass is 10.3. The molecule has 0 amide bonds. The first-order chi connectivity index (χ1) is 9.25. The van der Waals surface area contributed by atoms with Gasteiger partial charge in [0.25, 0.3) is 0 Å². The van der Waals surface area contributed by atoms with Crippen LogP contribution in [0, 0.1) is 0 Å². The first-order valence-electron chi connectivity index (χ1n) is 6.17. The van der Waals surface area contributed by atoms with Gasteiger partial charge in [-0.25, -0.2) is 0 Å². The number of ether oxygens (including phenoxy) is 1. The first-order valence-corrected chi connectivity index (χ1v) is 7.49. The van der Waals surface area contributed by atoms with E-state index in [0.717, 1.165) is 17.1 Å². The van der Waals surface area contributed by atoms with Gasteiger partial charge in [0.1, 0.15) is 5.75 Å². The van der Waals surface area contributed by atoms with E-state index in [4.69, 9.17) is 10.5 Å². The van der Waals surface area contributed by atoms with E-state index in [-0.39, 0.29) is 0 Å². The quantitative estimate of drug-likeness (QED) is 0.651. The Hall–Kier alpha value is -1.81. The summed E-state index contributed by atoms with van der Waals surface area (Å²) in [7, 11) is -1.01. The molecule has 2 rings (SSSR count). The van der Waals surface area contributed by atoms with Gasteiger partial charge in [-0.3, -0.25) is 4.21 Å². The van der Waals surface area contributed by atoms with Gasteiger partial charge in [0.15, 0.2) is 0 Å². The van der Waals surface area contributed by atoms with Gasteiger partial charge < -0.3 is 10.5 Å². The van der Waals surface area contributed by atoms with Crippen LogP contribution in [0.25, 0.3) is 0 Å². The van der Waals surface area contributed by atoms with Crippen LogP contribution in [0.5, 0.6) is 5.75 Å². The maximum absolute atomic E-state index is 12.0. The molecule has 0 bridgehead atoms. The second-order valence-corrected chi connectivity index (χ2v) is 5.71. The van der Waals surface area contributed by atoms with Crippen molar-refractivity contribution in [2.75, 3.05) is 18.1 Å². The average Bonchev–Trinajstić information content (AvgIpc) is 2.44. The van der Waals surface area contributed by atoms with Gasteiger partial charge in [-0.1, -0.05) is 24.3 Å². The lowest BCUT2D eigenvalue weighted by molar-refractivity contribution is 0.318. The van der Waals surface area contributed by atoms with E-state index in [2.05, 4.69) is 0 Å². The number of hydrogen-bond acceptors (Lipinski definition) is 3. The summed E-state index contributed by atoms with van der Waals surface area (Å²) >= 11 is 0. The molecule has 3 nitrogen and oxygen atoms in total. The minimum atomic E-state index is -1.01. The zero-order valence-corrected chi connectivity index (χ0v) is 11.4. The molecule has 1 unspecified atom stereocenters. The predicted molar refractivity (Wildman–Crippen MR) is 78.7 cm³/mol. The van der Waals surface area contributed by atoms with Crippen molar-refractivity contribution in [1.29, 1.82) is 0 Å². The van der Waals surface area contributed by atoms with Crippen molar-refractivity contribution in [2.45, 2.75) is 11.3 Å². The normalized spacial score (nSPS) is 12.0. The topological polar surface area (TPSA) is 52.3 Å². The molecular weight excluding hydrogens is 258 g/mol. The highest BCUT2D eigenvalue weighted by molar-refractivity contribution is 7.85. The minimum Gasteiger partial charge on any atom is -0.494 e. The smallest absolute Gasteiger partial charge is 0.119 e. The highest BCUT2D eigenvalue weighted by Gasteiger charge is 2.04. The van der Waals surface area contributed by atoms with Crippen molar-refractivity contribution < 1.29 is 8.95 Å². The largest absolute Gasteiger partial charge is 0.494 e. The molecule has 19 heavy (non-hydrogen) atoms. The zero-order chi connectivity index (χ0) is 13.5. The molecule has 0 radical (unpaired) electrons. The van der Waals surface area contributed by atoms with Crippen LogP contribution < -0.4 is 10.5 Å². The van der Waals surface area contributed by atoms with Crippen LogP contribution in [0.2, 0.25) is 0 Å². The zero-order valence-electron chi connectivity index (χ0n) is 10.6. The molecule has 4 heteroatoms. The molecular formula is C15H17NO2S. The lowest BCUT2D eigenvalue weighted by Gasteiger charge is -2.06. The summed E-state index contributed by atoms with van der Waals surface area (Å²) in [5.41, 5.74) is 6.31. The molecule has 0 heterocycles. The first kappa shape index (κ1) is 13.6. The van der Waals surface area contributed by atoms with Gasteiger partial charge in [0.05, 0.1) is 17.4 Å². The molecule has 0 spiro atoms. The third-order valence-corrected chi connectivity index (χ3v) is 4.05. The van der Waals surface area contributed by atoms with Crippen molar-refractivity contribution >= 4 is 16.5 Å². The van der Waals surface area contributed by atoms with Gasteiger partial charge in [0, 0.05) is 16.3 Å². The Bertz CT molecular complexity index is 543. The molecule has 0 fully saturated rings. The van der Waals surface area contributed by atoms with E-state index in [0.29, 0.717) is 18.0 Å². The number of para-hydroxylation sites is 1. The average molecular weight is 275 g/mol. The predicted octanol–water partition coefficient (Wildman–Crippen LogP) is 2.85. The second-order valence-electron chi connectivity index (χ2n) is 4.14. The Morgan fingerprint density at radius 1 is 1.05 bits per heavy atom. The summed E-state index contributed by atoms with van der Waals surface area (Å²) in [4.78, 5) is 0.778. The fourth-order valence-corrected chi connectivity index (χ4v) is 2.78. The van der Waals surface area contributed by atoms with Crippen LogP contribution in [-0.2, 0) is 10.8 Å². The molecule has 0 saturated heterocycles. The summed E-state index contributed by atoms with van der Waals surface area (Å²) in [5, 5.41) is 0. The third kappa shape index (κ3) is 4.41. The lowest BCUT2D eigenvalue weighted by Crippen LogP contribution is -2.05. The second kappa shape index (κ2) is 6.95. The van der Waals surface area contributed by atoms with Gasteiger partial charge in [-0.2, -0.15) is 0 Å². The highest BCUT2D eigenvalue weighted by Crippen LogP contribution is 2.12. The van der Waals surface area contributed by atoms with Crippen LogP contribution in [-0.4, -0.2) is 16.6 Å². The van der Waals surface area contributed by atoms with E-state index < -0.39 is 10.8 Å². The van der Waals surface area contributed by atoms with Crippen LogP contribution in [0.1, 0.15) is 6.42 Å². The van der Waals surface area contributed by atoms with Crippen LogP contribution in [0.4, 0.5) is 5.69 Å². The number of benzene rings is 2. The van der Waals surface area contributed by atoms with Crippen LogP contribution in [0.3, 0.4) is 0 Å². The fourth-order valence-electron chi connectivity index (χ4n) is 1.67. The van der Waals surface area contributed by atoms with E-state index in [1.165, 1.54) is 0 Å². The van der Waals surface area contributed by atoms with E-state index in [9.17, 15) is 4.21 Å². The number of nitrogens with two attached hydrogens (primary N) is 1. The fraction of sp³-hybridized carbons (Fsp3) is 0.200. The number of nitrogen functional groups attached to an aromatic ring is 1. The molecule has 1 atom stereocenters. The Balaban J connectivity index is 1.75. The molecule has 100 valence electrons. The van der Waals surface area contributed by atoms with Crippen molar-refractivity contribution in [2.24, 2.45) is 0 Å². The number of rotatable bonds is 6. The van der Waals surface area contributed by atoms with E-state index >= 15 is 0 Å². The minimum absolute atomic E-state index is 0.568. The van der Waals surface area contributed by atoms with Crippen LogP contribution in [0.15, 0.2) is 59.5 Å². The van der Waals surface area contributed by atoms with E-state index in [1.807, 2.05) is 42.5 Å². The summed E-state index contributed by atoms with van der Waals surface area (Å²) in [6.45, 7) is 0.568. The maximum Gasteiger partial charge on any atom is 0.119 e. The number of anilines is 1. The van der Waals surface area contributed by atoms with Crippen molar-refractivity contribution in [3.05, 3.63) is 54.6 Å². The highest BCUT2D eigenvalue weighted by atomic mass is 32.2. The molecule has 0 aliphatic carbocycles. The van der Waals surface area contributed by atoms with Crippen molar-refractivity contribution in [3.8, 4) is 5.75 Å². The molecule has 0 saturated carbocycles. The van der Waals surface area contributed by atoms with Crippen molar-refractivity contribution in [3.63, 3.8) is 0 Å². The Labute approximate surface area is 115 Å². The standard InChI is InChI=1S/C15H17NO2S/c16-13-6-4-9-15(12-13)19(17)11-5-10-18-14-7-2-1-3-8-14/h1-4,6-9,12H,5,10-11,16H2. The third-order valence-electron chi connectivity index (χ3n) is 2.61. The Morgan fingerprint density at radius 3 is 2.58 bits per heavy atom. The Kier molecular flexibility index (Phi) is 4.98. The molecule has 2 aromatic carbocycles. The monoisotopic (exact) mass is 275 g/mol. The van der Waals surface area contributed by atoms with Gasteiger partial charge in [0.2, 0.25) is 0 Å². The van der Waals surface area contributed by atoms with Crippen LogP contribution >= 0.6 is 0 Å². The molecule has 0 aliphatic heterocycles. The molecule has 2 aromatic rings.